The van der Waals surface area contributed by atoms with E-state index in [1.165, 1.54) is 0 Å². The van der Waals surface area contributed by atoms with Crippen LogP contribution in [0.25, 0.3) is 0 Å². The third-order valence-electron chi connectivity index (χ3n) is 2.50. The van der Waals surface area contributed by atoms with E-state index >= 15 is 0 Å². The van der Waals surface area contributed by atoms with E-state index in [1.54, 1.807) is 14.0 Å². The van der Waals surface area contributed by atoms with Crippen molar-refractivity contribution >= 4 is 15.9 Å². The highest BCUT2D eigenvalue weighted by atomic mass is 79.9. The Bertz CT molecular complexity index is 359. The fourth-order valence-electron chi connectivity index (χ4n) is 1.72. The number of halogens is 1. The molecule has 15 heavy (non-hydrogen) atoms. The zero-order chi connectivity index (χ0) is 11.6. The fourth-order valence-corrected chi connectivity index (χ4v) is 2.25. The van der Waals surface area contributed by atoms with Crippen molar-refractivity contribution in [2.75, 3.05) is 7.11 Å². The molecule has 3 heteroatoms. The minimum atomic E-state index is -0.349. The van der Waals surface area contributed by atoms with Crippen molar-refractivity contribution in [2.45, 2.75) is 33.3 Å². The first-order valence-corrected chi connectivity index (χ1v) is 5.77. The molecule has 0 saturated heterocycles. The lowest BCUT2D eigenvalue weighted by atomic mass is 9.99. The van der Waals surface area contributed by atoms with Gasteiger partial charge < -0.3 is 9.84 Å². The van der Waals surface area contributed by atoms with Crippen LogP contribution in [-0.4, -0.2) is 18.3 Å². The molecule has 0 aliphatic carbocycles. The van der Waals surface area contributed by atoms with Crippen LogP contribution < -0.4 is 4.74 Å². The maximum Gasteiger partial charge on any atom is 0.126 e. The number of methoxy groups -OCH3 is 1. The quantitative estimate of drug-likeness (QED) is 0.917. The molecule has 1 aromatic carbocycles. The first-order chi connectivity index (χ1) is 6.97. The lowest BCUT2D eigenvalue weighted by Crippen LogP contribution is -2.08. The van der Waals surface area contributed by atoms with Gasteiger partial charge in [0.25, 0.3) is 0 Å². The second-order valence-electron chi connectivity index (χ2n) is 3.87. The Balaban J connectivity index is 3.29. The van der Waals surface area contributed by atoms with Crippen molar-refractivity contribution in [3.63, 3.8) is 0 Å². The second-order valence-corrected chi connectivity index (χ2v) is 4.72. The van der Waals surface area contributed by atoms with Gasteiger partial charge in [0.1, 0.15) is 5.75 Å². The summed E-state index contributed by atoms with van der Waals surface area (Å²) in [5, 5.41) is 9.44. The second kappa shape index (κ2) is 4.99. The molecule has 1 rings (SSSR count). The van der Waals surface area contributed by atoms with Gasteiger partial charge in [-0.1, -0.05) is 15.9 Å². The minimum absolute atomic E-state index is 0.349. The lowest BCUT2D eigenvalue weighted by Gasteiger charge is -2.16. The van der Waals surface area contributed by atoms with Crippen LogP contribution in [0.2, 0.25) is 0 Å². The highest BCUT2D eigenvalue weighted by molar-refractivity contribution is 9.10. The summed E-state index contributed by atoms with van der Waals surface area (Å²) in [4.78, 5) is 0. The predicted molar refractivity (Wildman–Crippen MR) is 65.6 cm³/mol. The van der Waals surface area contributed by atoms with Crippen molar-refractivity contribution in [1.82, 2.24) is 0 Å². The molecule has 2 nitrogen and oxygen atoms in total. The molecule has 0 aliphatic rings. The Morgan fingerprint density at radius 1 is 1.47 bits per heavy atom. The first kappa shape index (κ1) is 12.5. The van der Waals surface area contributed by atoms with Gasteiger partial charge in [0.15, 0.2) is 0 Å². The molecule has 0 bridgehead atoms. The average molecular weight is 273 g/mol. The minimum Gasteiger partial charge on any atom is -0.496 e. The summed E-state index contributed by atoms with van der Waals surface area (Å²) in [6, 6.07) is 2.07. The topological polar surface area (TPSA) is 29.5 Å². The number of benzene rings is 1. The van der Waals surface area contributed by atoms with Crippen LogP contribution in [0.3, 0.4) is 0 Å². The summed E-state index contributed by atoms with van der Waals surface area (Å²) >= 11 is 3.50. The van der Waals surface area contributed by atoms with Crippen LogP contribution in [0.4, 0.5) is 0 Å². The molecule has 1 aromatic rings. The van der Waals surface area contributed by atoms with Gasteiger partial charge in [0.2, 0.25) is 0 Å². The molecule has 1 unspecified atom stereocenters. The van der Waals surface area contributed by atoms with Gasteiger partial charge in [-0.2, -0.15) is 0 Å². The molecule has 0 spiro atoms. The molecular weight excluding hydrogens is 256 g/mol. The number of rotatable bonds is 3. The summed E-state index contributed by atoms with van der Waals surface area (Å²) in [6.07, 6.45) is 0.279. The number of hydrogen-bond donors (Lipinski definition) is 1. The van der Waals surface area contributed by atoms with Gasteiger partial charge in [-0.3, -0.25) is 0 Å². The van der Waals surface area contributed by atoms with Crippen LogP contribution in [0, 0.1) is 13.8 Å². The summed E-state index contributed by atoms with van der Waals surface area (Å²) in [5.74, 6) is 0.878. The van der Waals surface area contributed by atoms with E-state index in [2.05, 4.69) is 22.0 Å². The van der Waals surface area contributed by atoms with Crippen molar-refractivity contribution in [3.05, 3.63) is 27.2 Å². The SMILES string of the molecule is COc1c(C)c(Br)cc(C)c1CC(C)O. The van der Waals surface area contributed by atoms with Crippen LogP contribution in [0.5, 0.6) is 5.75 Å². The van der Waals surface area contributed by atoms with E-state index in [4.69, 9.17) is 4.74 Å². The standard InChI is InChI=1S/C12H17BrO2/c1-7-5-11(13)9(3)12(15-4)10(7)6-8(2)14/h5,8,14H,6H2,1-4H3. The zero-order valence-electron chi connectivity index (χ0n) is 9.60. The molecule has 0 aromatic heterocycles. The van der Waals surface area contributed by atoms with Crippen LogP contribution in [-0.2, 0) is 6.42 Å². The van der Waals surface area contributed by atoms with Gasteiger partial charge >= 0.3 is 0 Å². The molecular formula is C12H17BrO2. The molecule has 0 heterocycles. The molecule has 0 fully saturated rings. The smallest absolute Gasteiger partial charge is 0.126 e. The number of hydrogen-bond acceptors (Lipinski definition) is 2. The van der Waals surface area contributed by atoms with Gasteiger partial charge in [0, 0.05) is 16.5 Å². The monoisotopic (exact) mass is 272 g/mol. The maximum atomic E-state index is 9.44. The Hall–Kier alpha value is -0.540. The van der Waals surface area contributed by atoms with Crippen molar-refractivity contribution in [1.29, 1.82) is 0 Å². The molecule has 1 atom stereocenters. The van der Waals surface area contributed by atoms with E-state index in [9.17, 15) is 5.11 Å². The molecule has 1 N–H and O–H groups in total. The molecule has 84 valence electrons. The Morgan fingerprint density at radius 3 is 2.53 bits per heavy atom. The van der Waals surface area contributed by atoms with Gasteiger partial charge in [-0.05, 0) is 38.0 Å². The van der Waals surface area contributed by atoms with E-state index in [-0.39, 0.29) is 6.10 Å². The lowest BCUT2D eigenvalue weighted by molar-refractivity contribution is 0.194. The first-order valence-electron chi connectivity index (χ1n) is 4.98. The number of aryl methyl sites for hydroxylation is 1. The number of aliphatic hydroxyl groups excluding tert-OH is 1. The van der Waals surface area contributed by atoms with Gasteiger partial charge in [-0.15, -0.1) is 0 Å². The Labute approximate surface area is 99.4 Å². The zero-order valence-corrected chi connectivity index (χ0v) is 11.2. The highest BCUT2D eigenvalue weighted by Crippen LogP contribution is 2.33. The van der Waals surface area contributed by atoms with Crippen LogP contribution in [0.15, 0.2) is 10.5 Å². The molecule has 0 amide bonds. The maximum absolute atomic E-state index is 9.44. The summed E-state index contributed by atoms with van der Waals surface area (Å²) in [5.41, 5.74) is 3.32. The number of ether oxygens (including phenoxy) is 1. The predicted octanol–water partition coefficient (Wildman–Crippen LogP) is 3.00. The fraction of sp³-hybridized carbons (Fsp3) is 0.500. The van der Waals surface area contributed by atoms with Crippen molar-refractivity contribution < 1.29 is 9.84 Å². The normalized spacial score (nSPS) is 12.7. The summed E-state index contributed by atoms with van der Waals surface area (Å²) < 4.78 is 6.44. The van der Waals surface area contributed by atoms with Crippen LogP contribution >= 0.6 is 15.9 Å². The molecule has 0 radical (unpaired) electrons. The summed E-state index contributed by atoms with van der Waals surface area (Å²) in [6.45, 7) is 5.83. The largest absolute Gasteiger partial charge is 0.496 e. The third kappa shape index (κ3) is 2.73. The number of aliphatic hydroxyl groups is 1. The summed E-state index contributed by atoms with van der Waals surface area (Å²) in [7, 11) is 1.67. The molecule has 0 saturated carbocycles. The van der Waals surface area contributed by atoms with E-state index in [0.29, 0.717) is 6.42 Å². The van der Waals surface area contributed by atoms with Crippen LogP contribution in [0.1, 0.15) is 23.6 Å². The Morgan fingerprint density at radius 2 is 2.07 bits per heavy atom. The van der Waals surface area contributed by atoms with Gasteiger partial charge in [-0.25, -0.2) is 0 Å². The van der Waals surface area contributed by atoms with E-state index in [1.807, 2.05) is 13.8 Å². The van der Waals surface area contributed by atoms with Crippen molar-refractivity contribution in [3.8, 4) is 5.75 Å². The average Bonchev–Trinajstić information content (AvgIpc) is 2.14. The van der Waals surface area contributed by atoms with E-state index < -0.39 is 0 Å². The highest BCUT2D eigenvalue weighted by Gasteiger charge is 2.14. The molecule has 0 aliphatic heterocycles. The third-order valence-corrected chi connectivity index (χ3v) is 3.32. The van der Waals surface area contributed by atoms with E-state index in [0.717, 1.165) is 26.9 Å². The van der Waals surface area contributed by atoms with Crippen molar-refractivity contribution in [2.24, 2.45) is 0 Å². The van der Waals surface area contributed by atoms with Gasteiger partial charge in [0.05, 0.1) is 13.2 Å². The Kier molecular flexibility index (Phi) is 4.17.